The van der Waals surface area contributed by atoms with E-state index in [1.54, 1.807) is 4.90 Å². The molecule has 35 heavy (non-hydrogen) atoms. The lowest BCUT2D eigenvalue weighted by Crippen LogP contribution is -2.45. The topological polar surface area (TPSA) is 32.8 Å². The van der Waals surface area contributed by atoms with E-state index in [4.69, 9.17) is 4.74 Å². The average Bonchev–Trinajstić information content (AvgIpc) is 2.84. The van der Waals surface area contributed by atoms with Gasteiger partial charge in [0.05, 0.1) is 0 Å². The second-order valence-electron chi connectivity index (χ2n) is 10.3. The van der Waals surface area contributed by atoms with Crippen molar-refractivity contribution in [3.8, 4) is 0 Å². The lowest BCUT2D eigenvalue weighted by molar-refractivity contribution is 0.00220. The molecule has 0 spiro atoms. The second kappa shape index (κ2) is 10.5. The number of likely N-dealkylation sites (tertiary alicyclic amines) is 1. The van der Waals surface area contributed by atoms with Gasteiger partial charge < -0.3 is 14.5 Å². The third-order valence-corrected chi connectivity index (χ3v) is 6.39. The molecular weight excluding hydrogens is 439 g/mol. The predicted octanol–water partition coefficient (Wildman–Crippen LogP) is 7.09. The van der Waals surface area contributed by atoms with E-state index in [1.807, 2.05) is 57.2 Å². The molecular formula is C30H35FN2O2. The summed E-state index contributed by atoms with van der Waals surface area (Å²) in [4.78, 5) is 16.3. The monoisotopic (exact) mass is 474 g/mol. The van der Waals surface area contributed by atoms with Gasteiger partial charge in [-0.1, -0.05) is 72.8 Å². The number of anilines is 1. The lowest BCUT2D eigenvalue weighted by Gasteiger charge is -2.37. The van der Waals surface area contributed by atoms with E-state index in [9.17, 15) is 4.79 Å². The number of hydrogen-bond acceptors (Lipinski definition) is 3. The third-order valence-electron chi connectivity index (χ3n) is 6.39. The number of rotatable bonds is 6. The summed E-state index contributed by atoms with van der Waals surface area (Å²) in [6.07, 6.45) is 0.166. The summed E-state index contributed by atoms with van der Waals surface area (Å²) in [6.45, 7) is 7.75. The first-order chi connectivity index (χ1) is 16.7. The summed E-state index contributed by atoms with van der Waals surface area (Å²) in [5.41, 5.74) is 2.18. The molecule has 3 aromatic rings. The van der Waals surface area contributed by atoms with Crippen molar-refractivity contribution in [1.29, 1.82) is 0 Å². The minimum atomic E-state index is -1.44. The molecule has 1 aliphatic heterocycles. The van der Waals surface area contributed by atoms with Crippen LogP contribution in [0.3, 0.4) is 0 Å². The molecule has 0 saturated carbocycles. The van der Waals surface area contributed by atoms with E-state index in [0.717, 1.165) is 18.8 Å². The fourth-order valence-corrected chi connectivity index (χ4v) is 4.48. The first kappa shape index (κ1) is 24.8. The van der Waals surface area contributed by atoms with Gasteiger partial charge in [-0.3, -0.25) is 0 Å². The molecule has 0 atom stereocenters. The van der Waals surface area contributed by atoms with Gasteiger partial charge in [0.1, 0.15) is 11.3 Å². The van der Waals surface area contributed by atoms with Gasteiger partial charge in [0.25, 0.3) is 0 Å². The molecule has 1 aliphatic rings. The van der Waals surface area contributed by atoms with Gasteiger partial charge in [-0.25, -0.2) is 9.18 Å². The van der Waals surface area contributed by atoms with Crippen molar-refractivity contribution in [2.24, 2.45) is 0 Å². The molecule has 0 aliphatic carbocycles. The van der Waals surface area contributed by atoms with E-state index in [2.05, 4.69) is 53.4 Å². The number of alkyl halides is 1. The molecule has 0 unspecified atom stereocenters. The van der Waals surface area contributed by atoms with E-state index >= 15 is 4.39 Å². The van der Waals surface area contributed by atoms with Gasteiger partial charge in [0.15, 0.2) is 0 Å². The molecule has 0 bridgehead atoms. The van der Waals surface area contributed by atoms with Gasteiger partial charge in [-0.2, -0.15) is 0 Å². The Kier molecular flexibility index (Phi) is 7.44. The van der Waals surface area contributed by atoms with Gasteiger partial charge in [0.2, 0.25) is 0 Å². The summed E-state index contributed by atoms with van der Waals surface area (Å²) in [7, 11) is 0. The quantitative estimate of drug-likeness (QED) is 0.382. The highest BCUT2D eigenvalue weighted by Crippen LogP contribution is 2.38. The molecule has 1 heterocycles. The first-order valence-corrected chi connectivity index (χ1v) is 12.3. The van der Waals surface area contributed by atoms with Crippen LogP contribution in [0.4, 0.5) is 14.9 Å². The number of hydrogen-bond donors (Lipinski definition) is 0. The Bertz CT molecular complexity index is 1050. The van der Waals surface area contributed by atoms with E-state index in [1.165, 1.54) is 11.1 Å². The number of piperidine rings is 1. The van der Waals surface area contributed by atoms with Crippen LogP contribution in [-0.4, -0.2) is 29.7 Å². The molecule has 1 amide bonds. The summed E-state index contributed by atoms with van der Waals surface area (Å²) in [5.74, 6) is 0. The lowest BCUT2D eigenvalue weighted by atomic mass is 9.86. The largest absolute Gasteiger partial charge is 0.444 e. The van der Waals surface area contributed by atoms with Crippen molar-refractivity contribution in [3.63, 3.8) is 0 Å². The van der Waals surface area contributed by atoms with Crippen LogP contribution in [0.1, 0.15) is 50.3 Å². The number of benzene rings is 3. The van der Waals surface area contributed by atoms with E-state index in [0.29, 0.717) is 18.7 Å². The third kappa shape index (κ3) is 6.62. The van der Waals surface area contributed by atoms with Crippen LogP contribution in [0.5, 0.6) is 0 Å². The highest BCUT2D eigenvalue weighted by molar-refractivity contribution is 5.68. The Balaban J connectivity index is 1.47. The fraction of sp³-hybridized carbons (Fsp3) is 0.367. The summed E-state index contributed by atoms with van der Waals surface area (Å²) in [5, 5.41) is 0. The maximum atomic E-state index is 15.9. The number of amides is 1. The van der Waals surface area contributed by atoms with Crippen LogP contribution in [-0.2, 0) is 23.5 Å². The number of halogens is 1. The number of carbonyl (C=O) groups excluding carboxylic acids is 1. The molecule has 0 radical (unpaired) electrons. The Hall–Kier alpha value is -3.34. The highest BCUT2D eigenvalue weighted by atomic mass is 19.1. The highest BCUT2D eigenvalue weighted by Gasteiger charge is 2.38. The van der Waals surface area contributed by atoms with E-state index < -0.39 is 11.3 Å². The van der Waals surface area contributed by atoms with Gasteiger partial charge in [-0.15, -0.1) is 0 Å². The molecule has 3 aromatic carbocycles. The van der Waals surface area contributed by atoms with Crippen LogP contribution in [0.25, 0.3) is 0 Å². The summed E-state index contributed by atoms with van der Waals surface area (Å²) in [6, 6.07) is 28.6. The van der Waals surface area contributed by atoms with Crippen LogP contribution in [0.15, 0.2) is 84.9 Å². The van der Waals surface area contributed by atoms with Crippen LogP contribution in [0.2, 0.25) is 0 Å². The van der Waals surface area contributed by atoms with Gasteiger partial charge >= 0.3 is 6.09 Å². The van der Waals surface area contributed by atoms with Crippen molar-refractivity contribution < 1.29 is 13.9 Å². The van der Waals surface area contributed by atoms with Gasteiger partial charge in [-0.05, 0) is 49.6 Å². The molecule has 5 heteroatoms. The number of carbonyl (C=O) groups is 1. The second-order valence-corrected chi connectivity index (χ2v) is 10.3. The Morgan fingerprint density at radius 2 is 1.34 bits per heavy atom. The van der Waals surface area contributed by atoms with Crippen molar-refractivity contribution in [2.75, 3.05) is 18.0 Å². The molecule has 4 rings (SSSR count). The first-order valence-electron chi connectivity index (χ1n) is 12.3. The van der Waals surface area contributed by atoms with Crippen molar-refractivity contribution in [3.05, 3.63) is 102 Å². The average molecular weight is 475 g/mol. The maximum absolute atomic E-state index is 15.9. The van der Waals surface area contributed by atoms with Crippen molar-refractivity contribution >= 4 is 11.8 Å². The zero-order chi connectivity index (χ0) is 24.9. The zero-order valence-corrected chi connectivity index (χ0v) is 20.9. The predicted molar refractivity (Wildman–Crippen MR) is 139 cm³/mol. The molecule has 184 valence electrons. The SMILES string of the molecule is CC(C)(C)OC(=O)N1CCC(F)(c2ccc(N(Cc3ccccc3)Cc3ccccc3)cc2)CC1. The molecule has 0 N–H and O–H groups in total. The van der Waals surface area contributed by atoms with Gasteiger partial charge in [0, 0.05) is 44.7 Å². The van der Waals surface area contributed by atoms with Crippen LogP contribution < -0.4 is 4.90 Å². The summed E-state index contributed by atoms with van der Waals surface area (Å²) < 4.78 is 21.4. The minimum Gasteiger partial charge on any atom is -0.444 e. The number of nitrogens with zero attached hydrogens (tertiary/aromatic N) is 2. The van der Waals surface area contributed by atoms with Crippen molar-refractivity contribution in [1.82, 2.24) is 4.90 Å². The summed E-state index contributed by atoms with van der Waals surface area (Å²) >= 11 is 0. The Labute approximate surface area is 208 Å². The normalized spacial score (nSPS) is 15.5. The minimum absolute atomic E-state index is 0.267. The van der Waals surface area contributed by atoms with Crippen LogP contribution >= 0.6 is 0 Å². The fourth-order valence-electron chi connectivity index (χ4n) is 4.48. The van der Waals surface area contributed by atoms with Crippen LogP contribution in [0, 0.1) is 0 Å². The molecule has 0 aromatic heterocycles. The number of ether oxygens (including phenoxy) is 1. The molecule has 1 saturated heterocycles. The molecule has 4 nitrogen and oxygen atoms in total. The smallest absolute Gasteiger partial charge is 0.410 e. The maximum Gasteiger partial charge on any atom is 0.410 e. The zero-order valence-electron chi connectivity index (χ0n) is 20.9. The van der Waals surface area contributed by atoms with E-state index in [-0.39, 0.29) is 18.9 Å². The van der Waals surface area contributed by atoms with Crippen molar-refractivity contribution in [2.45, 2.75) is 58.0 Å². The molecule has 1 fully saturated rings. The standard InChI is InChI=1S/C30H35FN2O2/c1-29(2,3)35-28(34)32-20-18-30(31,19-21-32)26-14-16-27(17-15-26)33(22-24-10-6-4-7-11-24)23-25-12-8-5-9-13-25/h4-17H,18-23H2,1-3H3. The Morgan fingerprint density at radius 1 is 0.857 bits per heavy atom. The Morgan fingerprint density at radius 3 is 1.80 bits per heavy atom.